The van der Waals surface area contributed by atoms with Crippen molar-refractivity contribution in [3.8, 4) is 5.75 Å². The quantitative estimate of drug-likeness (QED) is 0.746. The van der Waals surface area contributed by atoms with E-state index in [-0.39, 0.29) is 23.5 Å². The van der Waals surface area contributed by atoms with Gasteiger partial charge in [-0.05, 0) is 44.2 Å². The van der Waals surface area contributed by atoms with Gasteiger partial charge in [-0.3, -0.25) is 14.4 Å². The third-order valence-electron chi connectivity index (χ3n) is 5.53. The molecule has 172 valence electrons. The van der Waals surface area contributed by atoms with E-state index in [1.165, 1.54) is 18.9 Å². The lowest BCUT2D eigenvalue weighted by atomic mass is 10.0. The number of hydrogen-bond acceptors (Lipinski definition) is 6. The Morgan fingerprint density at radius 3 is 2.58 bits per heavy atom. The average Bonchev–Trinajstić information content (AvgIpc) is 3.22. The van der Waals surface area contributed by atoms with Gasteiger partial charge >= 0.3 is 0 Å². The number of anilines is 1. The number of amides is 3. The minimum absolute atomic E-state index is 0.215. The summed E-state index contributed by atoms with van der Waals surface area (Å²) in [7, 11) is 0. The van der Waals surface area contributed by atoms with Gasteiger partial charge in [-0.25, -0.2) is 0 Å². The Labute approximate surface area is 197 Å². The summed E-state index contributed by atoms with van der Waals surface area (Å²) >= 11 is 1.08. The van der Waals surface area contributed by atoms with Crippen molar-refractivity contribution in [3.05, 3.63) is 58.7 Å². The fraction of sp³-hybridized carbons (Fsp3) is 0.333. The first-order valence-electron chi connectivity index (χ1n) is 10.7. The monoisotopic (exact) mass is 466 g/mol. The van der Waals surface area contributed by atoms with Crippen LogP contribution in [0.4, 0.5) is 5.69 Å². The maximum Gasteiger partial charge on any atom is 0.271 e. The zero-order valence-electron chi connectivity index (χ0n) is 19.3. The first-order chi connectivity index (χ1) is 15.7. The summed E-state index contributed by atoms with van der Waals surface area (Å²) in [6, 6.07) is 11.5. The zero-order valence-corrected chi connectivity index (χ0v) is 20.1. The number of aryl methyl sites for hydroxylation is 2. The van der Waals surface area contributed by atoms with Crippen molar-refractivity contribution in [2.24, 2.45) is 5.10 Å². The SMILES string of the molecule is CCOc1ccccc1CN1C(=O)[C@]2(SC(NC(C)=O)=NN2C(C)=O)c2cc(C)cc(C)c21. The van der Waals surface area contributed by atoms with Crippen LogP contribution in [0.2, 0.25) is 0 Å². The van der Waals surface area contributed by atoms with Crippen molar-refractivity contribution in [1.82, 2.24) is 10.3 Å². The molecule has 0 unspecified atom stereocenters. The van der Waals surface area contributed by atoms with Crippen LogP contribution < -0.4 is 15.0 Å². The van der Waals surface area contributed by atoms with Crippen molar-refractivity contribution in [2.45, 2.75) is 46.0 Å². The summed E-state index contributed by atoms with van der Waals surface area (Å²) in [6.45, 7) is 9.32. The number of hydrazone groups is 1. The number of rotatable bonds is 4. The van der Waals surface area contributed by atoms with Gasteiger partial charge in [0.05, 0.1) is 18.8 Å². The van der Waals surface area contributed by atoms with Gasteiger partial charge in [0.2, 0.25) is 16.7 Å². The van der Waals surface area contributed by atoms with Gasteiger partial charge in [-0.2, -0.15) is 5.01 Å². The van der Waals surface area contributed by atoms with E-state index in [4.69, 9.17) is 4.74 Å². The standard InChI is InChI=1S/C24H26N4O4S/c1-6-32-20-10-8-7-9-18(20)13-27-21-15(3)11-14(2)12-19(21)24(22(27)31)28(17(5)30)26-23(33-24)25-16(4)29/h7-12H,6,13H2,1-5H3,(H,25,26,29)/t24-/m1/s1. The first-order valence-corrected chi connectivity index (χ1v) is 11.5. The lowest BCUT2D eigenvalue weighted by Crippen LogP contribution is -2.48. The van der Waals surface area contributed by atoms with Crippen LogP contribution in [0.5, 0.6) is 5.75 Å². The summed E-state index contributed by atoms with van der Waals surface area (Å²) in [4.78, 5) is 38.8. The predicted octanol–water partition coefficient (Wildman–Crippen LogP) is 3.40. The van der Waals surface area contributed by atoms with E-state index in [0.29, 0.717) is 17.9 Å². The maximum atomic E-state index is 14.2. The Morgan fingerprint density at radius 1 is 1.18 bits per heavy atom. The molecule has 0 aromatic heterocycles. The van der Waals surface area contributed by atoms with Gasteiger partial charge in [0, 0.05) is 25.0 Å². The molecule has 0 aliphatic carbocycles. The molecule has 0 saturated carbocycles. The van der Waals surface area contributed by atoms with Crippen LogP contribution in [-0.2, 0) is 25.8 Å². The van der Waals surface area contributed by atoms with Crippen molar-refractivity contribution in [1.29, 1.82) is 0 Å². The van der Waals surface area contributed by atoms with E-state index >= 15 is 0 Å². The molecule has 0 bridgehead atoms. The molecule has 0 radical (unpaired) electrons. The van der Waals surface area contributed by atoms with Gasteiger partial charge in [-0.15, -0.1) is 5.10 Å². The number of benzene rings is 2. The smallest absolute Gasteiger partial charge is 0.271 e. The fourth-order valence-corrected chi connectivity index (χ4v) is 5.71. The molecule has 2 heterocycles. The van der Waals surface area contributed by atoms with Crippen molar-refractivity contribution >= 4 is 40.3 Å². The third-order valence-corrected chi connectivity index (χ3v) is 6.77. The molecular weight excluding hydrogens is 440 g/mol. The third kappa shape index (κ3) is 3.76. The number of hydrogen-bond donors (Lipinski definition) is 1. The second kappa shape index (κ2) is 8.55. The van der Waals surface area contributed by atoms with Gasteiger partial charge in [0.15, 0.2) is 5.17 Å². The number of carbonyl (C=O) groups excluding carboxylic acids is 3. The highest BCUT2D eigenvalue weighted by atomic mass is 32.2. The molecule has 1 N–H and O–H groups in total. The summed E-state index contributed by atoms with van der Waals surface area (Å²) in [5, 5.41) is 8.36. The molecule has 2 aromatic carbocycles. The van der Waals surface area contributed by atoms with Gasteiger partial charge in [-0.1, -0.05) is 35.9 Å². The Hall–Kier alpha value is -3.33. The molecule has 33 heavy (non-hydrogen) atoms. The van der Waals surface area contributed by atoms with Crippen LogP contribution in [-0.4, -0.2) is 34.5 Å². The van der Waals surface area contributed by atoms with E-state index < -0.39 is 10.8 Å². The van der Waals surface area contributed by atoms with E-state index in [1.807, 2.05) is 57.2 Å². The van der Waals surface area contributed by atoms with E-state index in [9.17, 15) is 14.4 Å². The topological polar surface area (TPSA) is 91.3 Å². The largest absolute Gasteiger partial charge is 0.494 e. The minimum atomic E-state index is -1.42. The Morgan fingerprint density at radius 2 is 1.91 bits per heavy atom. The molecule has 3 amide bonds. The second-order valence-electron chi connectivity index (χ2n) is 8.07. The predicted molar refractivity (Wildman–Crippen MR) is 128 cm³/mol. The molecule has 9 heteroatoms. The number of nitrogens with zero attached hydrogens (tertiary/aromatic N) is 3. The van der Waals surface area contributed by atoms with Gasteiger partial charge in [0.25, 0.3) is 5.91 Å². The van der Waals surface area contributed by atoms with E-state index in [1.54, 1.807) is 4.90 Å². The summed E-state index contributed by atoms with van der Waals surface area (Å²) in [6.07, 6.45) is 0. The summed E-state index contributed by atoms with van der Waals surface area (Å²) in [5.41, 5.74) is 4.17. The molecular formula is C24H26N4O4S. The van der Waals surface area contributed by atoms with Crippen LogP contribution in [0.25, 0.3) is 0 Å². The highest BCUT2D eigenvalue weighted by molar-refractivity contribution is 8.15. The molecule has 0 fully saturated rings. The lowest BCUT2D eigenvalue weighted by Gasteiger charge is -2.29. The Kier molecular flexibility index (Phi) is 5.92. The summed E-state index contributed by atoms with van der Waals surface area (Å²) in [5.74, 6) is -0.298. The number of amidine groups is 1. The second-order valence-corrected chi connectivity index (χ2v) is 9.25. The number of fused-ring (bicyclic) bond motifs is 2. The number of thioether (sulfide) groups is 1. The highest BCUT2D eigenvalue weighted by Crippen LogP contribution is 2.56. The van der Waals surface area contributed by atoms with Crippen LogP contribution >= 0.6 is 11.8 Å². The maximum absolute atomic E-state index is 14.2. The molecule has 1 atom stereocenters. The van der Waals surface area contributed by atoms with Crippen molar-refractivity contribution in [3.63, 3.8) is 0 Å². The van der Waals surface area contributed by atoms with Crippen LogP contribution in [0.1, 0.15) is 43.0 Å². The van der Waals surface area contributed by atoms with E-state index in [0.717, 1.165) is 34.1 Å². The number of para-hydroxylation sites is 1. The fourth-order valence-electron chi connectivity index (χ4n) is 4.39. The molecule has 4 rings (SSSR count). The number of nitrogens with one attached hydrogen (secondary N) is 1. The number of ether oxygens (including phenoxy) is 1. The molecule has 2 aromatic rings. The molecule has 1 spiro atoms. The van der Waals surface area contributed by atoms with Gasteiger partial charge < -0.3 is 15.0 Å². The van der Waals surface area contributed by atoms with Gasteiger partial charge in [0.1, 0.15) is 5.75 Å². The first kappa shape index (κ1) is 22.8. The number of carbonyl (C=O) groups is 3. The molecule has 0 saturated heterocycles. The lowest BCUT2D eigenvalue weighted by molar-refractivity contribution is -0.139. The van der Waals surface area contributed by atoms with Crippen LogP contribution in [0, 0.1) is 13.8 Å². The van der Waals surface area contributed by atoms with Crippen LogP contribution in [0.15, 0.2) is 41.5 Å². The Balaban J connectivity index is 1.87. The average molecular weight is 467 g/mol. The molecule has 2 aliphatic heterocycles. The van der Waals surface area contributed by atoms with Crippen molar-refractivity contribution in [2.75, 3.05) is 11.5 Å². The molecule has 2 aliphatic rings. The minimum Gasteiger partial charge on any atom is -0.494 e. The highest BCUT2D eigenvalue weighted by Gasteiger charge is 2.61. The normalized spacial score (nSPS) is 19.1. The zero-order chi connectivity index (χ0) is 23.9. The Bertz CT molecular complexity index is 1190. The van der Waals surface area contributed by atoms with Crippen molar-refractivity contribution < 1.29 is 19.1 Å². The molecule has 8 nitrogen and oxygen atoms in total. The van der Waals surface area contributed by atoms with E-state index in [2.05, 4.69) is 10.4 Å². The summed E-state index contributed by atoms with van der Waals surface area (Å²) < 4.78 is 5.78. The van der Waals surface area contributed by atoms with Crippen LogP contribution in [0.3, 0.4) is 0 Å².